The molecule has 0 fully saturated rings. The van der Waals surface area contributed by atoms with Crippen molar-refractivity contribution >= 4 is 11.8 Å². The van der Waals surface area contributed by atoms with Gasteiger partial charge in [-0.3, -0.25) is 4.79 Å². The highest BCUT2D eigenvalue weighted by atomic mass is 16.5. The fourth-order valence-electron chi connectivity index (χ4n) is 1.64. The van der Waals surface area contributed by atoms with E-state index in [1.807, 2.05) is 6.07 Å². The molecule has 0 N–H and O–H groups in total. The molecule has 7 heteroatoms. The van der Waals surface area contributed by atoms with E-state index in [9.17, 15) is 9.59 Å². The van der Waals surface area contributed by atoms with Crippen LogP contribution in [0.5, 0.6) is 0 Å². The molecule has 1 aromatic carbocycles. The molecule has 0 amide bonds. The van der Waals surface area contributed by atoms with Gasteiger partial charge in [0.05, 0.1) is 24.4 Å². The van der Waals surface area contributed by atoms with Crippen LogP contribution in [0.4, 0.5) is 0 Å². The number of esters is 1. The molecule has 0 atom stereocenters. The highest BCUT2D eigenvalue weighted by Crippen LogP contribution is 2.06. The van der Waals surface area contributed by atoms with E-state index in [0.717, 1.165) is 0 Å². The lowest BCUT2D eigenvalue weighted by Gasteiger charge is -2.00. The average molecular weight is 284 g/mol. The highest BCUT2D eigenvalue weighted by Gasteiger charge is 2.13. The molecule has 0 bridgehead atoms. The maximum Gasteiger partial charge on any atom is 0.360 e. The first-order valence-electron chi connectivity index (χ1n) is 6.24. The maximum absolute atomic E-state index is 12.0. The third-order valence-electron chi connectivity index (χ3n) is 2.66. The van der Waals surface area contributed by atoms with Gasteiger partial charge in [0.2, 0.25) is 0 Å². The molecule has 0 spiro atoms. The number of carbonyl (C=O) groups is 2. The molecule has 0 radical (unpaired) electrons. The van der Waals surface area contributed by atoms with E-state index in [2.05, 4.69) is 10.3 Å². The number of nitriles is 1. The lowest BCUT2D eigenvalue weighted by molar-refractivity contribution is 0.0519. The summed E-state index contributed by atoms with van der Waals surface area (Å²) < 4.78 is 6.06. The molecule has 0 saturated carbocycles. The van der Waals surface area contributed by atoms with E-state index in [1.165, 1.54) is 10.9 Å². The molecule has 1 heterocycles. The van der Waals surface area contributed by atoms with Crippen LogP contribution in [0.25, 0.3) is 0 Å². The first kappa shape index (κ1) is 14.4. The Hall–Kier alpha value is -3.01. The van der Waals surface area contributed by atoms with Crippen molar-refractivity contribution in [2.75, 3.05) is 6.61 Å². The van der Waals surface area contributed by atoms with Crippen molar-refractivity contribution in [2.45, 2.75) is 13.5 Å². The number of aromatic nitrogens is 3. The van der Waals surface area contributed by atoms with Gasteiger partial charge in [-0.05, 0) is 19.1 Å². The summed E-state index contributed by atoms with van der Waals surface area (Å²) in [5, 5.41) is 16.1. The number of carbonyl (C=O) groups excluding carboxylic acids is 2. The van der Waals surface area contributed by atoms with Crippen molar-refractivity contribution in [2.24, 2.45) is 0 Å². The number of Topliss-reactive ketones (excluding diaryl/α,β-unsaturated/α-hetero) is 1. The van der Waals surface area contributed by atoms with E-state index in [0.29, 0.717) is 11.1 Å². The van der Waals surface area contributed by atoms with E-state index in [1.54, 1.807) is 31.2 Å². The van der Waals surface area contributed by atoms with Crippen LogP contribution in [0.2, 0.25) is 0 Å². The van der Waals surface area contributed by atoms with Gasteiger partial charge in [-0.2, -0.15) is 5.26 Å². The van der Waals surface area contributed by atoms with Crippen molar-refractivity contribution in [3.05, 3.63) is 47.3 Å². The van der Waals surface area contributed by atoms with Crippen LogP contribution < -0.4 is 0 Å². The first-order valence-corrected chi connectivity index (χ1v) is 6.24. The quantitative estimate of drug-likeness (QED) is 0.604. The molecule has 0 unspecified atom stereocenters. The van der Waals surface area contributed by atoms with Gasteiger partial charge in [-0.25, -0.2) is 9.48 Å². The smallest absolute Gasteiger partial charge is 0.360 e. The summed E-state index contributed by atoms with van der Waals surface area (Å²) in [6.45, 7) is 1.89. The molecule has 2 rings (SSSR count). The third kappa shape index (κ3) is 3.51. The lowest BCUT2D eigenvalue weighted by atomic mass is 10.1. The largest absolute Gasteiger partial charge is 0.461 e. The minimum atomic E-state index is -0.574. The Morgan fingerprint density at radius 2 is 2.05 bits per heavy atom. The normalized spacial score (nSPS) is 9.90. The molecule has 0 aliphatic heterocycles. The minimum absolute atomic E-state index is 0.0433. The molecule has 2 aromatic rings. The number of hydrogen-bond donors (Lipinski definition) is 0. The molecule has 0 saturated heterocycles. The minimum Gasteiger partial charge on any atom is -0.461 e. The number of hydrogen-bond acceptors (Lipinski definition) is 6. The fraction of sp³-hybridized carbons (Fsp3) is 0.214. The maximum atomic E-state index is 12.0. The highest BCUT2D eigenvalue weighted by molar-refractivity contribution is 5.96. The van der Waals surface area contributed by atoms with Crippen LogP contribution in [0, 0.1) is 11.3 Å². The second-order valence-corrected chi connectivity index (χ2v) is 4.13. The van der Waals surface area contributed by atoms with Crippen LogP contribution >= 0.6 is 0 Å². The van der Waals surface area contributed by atoms with Crippen molar-refractivity contribution in [3.8, 4) is 6.07 Å². The molecule has 21 heavy (non-hydrogen) atoms. The molecule has 106 valence electrons. The third-order valence-corrected chi connectivity index (χ3v) is 2.66. The molecular formula is C14H12N4O3. The summed E-state index contributed by atoms with van der Waals surface area (Å²) in [6.07, 6.45) is 1.36. The Morgan fingerprint density at radius 1 is 1.33 bits per heavy atom. The SMILES string of the molecule is CCOC(=O)c1cn(CC(=O)c2ccc(C#N)cc2)nn1. The van der Waals surface area contributed by atoms with E-state index in [-0.39, 0.29) is 24.6 Å². The summed E-state index contributed by atoms with van der Waals surface area (Å²) in [4.78, 5) is 23.5. The number of nitrogens with zero attached hydrogens (tertiary/aromatic N) is 4. The van der Waals surface area contributed by atoms with Crippen molar-refractivity contribution < 1.29 is 14.3 Å². The number of rotatable bonds is 5. The second kappa shape index (κ2) is 6.43. The standard InChI is InChI=1S/C14H12N4O3/c1-2-21-14(20)12-8-18(17-16-12)9-13(19)11-5-3-10(7-15)4-6-11/h3-6,8H,2,9H2,1H3. The summed E-state index contributed by atoms with van der Waals surface area (Å²) in [7, 11) is 0. The zero-order chi connectivity index (χ0) is 15.2. The fourth-order valence-corrected chi connectivity index (χ4v) is 1.64. The summed E-state index contributed by atoms with van der Waals surface area (Å²) in [6, 6.07) is 8.26. The van der Waals surface area contributed by atoms with E-state index >= 15 is 0 Å². The van der Waals surface area contributed by atoms with Gasteiger partial charge < -0.3 is 4.74 Å². The van der Waals surface area contributed by atoms with E-state index in [4.69, 9.17) is 10.00 Å². The summed E-state index contributed by atoms with van der Waals surface area (Å²) >= 11 is 0. The Bertz CT molecular complexity index is 698. The van der Waals surface area contributed by atoms with Gasteiger partial charge in [-0.15, -0.1) is 5.10 Å². The van der Waals surface area contributed by atoms with Crippen LogP contribution in [0.1, 0.15) is 33.3 Å². The zero-order valence-electron chi connectivity index (χ0n) is 11.3. The second-order valence-electron chi connectivity index (χ2n) is 4.13. The van der Waals surface area contributed by atoms with Gasteiger partial charge in [0.1, 0.15) is 6.54 Å². The number of benzene rings is 1. The van der Waals surface area contributed by atoms with E-state index < -0.39 is 5.97 Å². The zero-order valence-corrected chi connectivity index (χ0v) is 11.3. The van der Waals surface area contributed by atoms with Gasteiger partial charge in [-0.1, -0.05) is 17.3 Å². The average Bonchev–Trinajstić information content (AvgIpc) is 2.96. The Labute approximate surface area is 120 Å². The number of ketones is 1. The van der Waals surface area contributed by atoms with Gasteiger partial charge in [0, 0.05) is 5.56 Å². The van der Waals surface area contributed by atoms with Crippen LogP contribution in [-0.2, 0) is 11.3 Å². The Kier molecular flexibility index (Phi) is 4.41. The molecule has 7 nitrogen and oxygen atoms in total. The first-order chi connectivity index (χ1) is 10.1. The molecular weight excluding hydrogens is 272 g/mol. The summed E-state index contributed by atoms with van der Waals surface area (Å²) in [5.74, 6) is -0.769. The van der Waals surface area contributed by atoms with Crippen LogP contribution in [0.3, 0.4) is 0 Å². The number of ether oxygens (including phenoxy) is 1. The van der Waals surface area contributed by atoms with Crippen molar-refractivity contribution in [1.82, 2.24) is 15.0 Å². The van der Waals surface area contributed by atoms with Crippen molar-refractivity contribution in [3.63, 3.8) is 0 Å². The molecule has 0 aliphatic carbocycles. The monoisotopic (exact) mass is 284 g/mol. The lowest BCUT2D eigenvalue weighted by Crippen LogP contribution is -2.11. The van der Waals surface area contributed by atoms with Crippen molar-refractivity contribution in [1.29, 1.82) is 5.26 Å². The Morgan fingerprint density at radius 3 is 2.67 bits per heavy atom. The molecule has 1 aromatic heterocycles. The van der Waals surface area contributed by atoms with Crippen LogP contribution in [0.15, 0.2) is 30.5 Å². The molecule has 0 aliphatic rings. The van der Waals surface area contributed by atoms with Gasteiger partial charge in [0.15, 0.2) is 11.5 Å². The topological polar surface area (TPSA) is 97.9 Å². The van der Waals surface area contributed by atoms with Gasteiger partial charge >= 0.3 is 5.97 Å². The Balaban J connectivity index is 2.05. The van der Waals surface area contributed by atoms with Gasteiger partial charge in [0.25, 0.3) is 0 Å². The predicted molar refractivity (Wildman–Crippen MR) is 71.5 cm³/mol. The summed E-state index contributed by atoms with van der Waals surface area (Å²) in [5.41, 5.74) is 1.00. The predicted octanol–water partition coefficient (Wildman–Crippen LogP) is 1.21. The van der Waals surface area contributed by atoms with Crippen LogP contribution in [-0.4, -0.2) is 33.4 Å².